The molecule has 2 nitrogen and oxygen atoms in total. The number of rotatable bonds is 3. The Balaban J connectivity index is 2.56. The molecular formula is C13H16FNO. The average Bonchev–Trinajstić information content (AvgIpc) is 3.02. The van der Waals surface area contributed by atoms with Crippen LogP contribution in [0.15, 0.2) is 12.1 Å². The number of nitrogens with two attached hydrogens (primary N) is 1. The molecule has 0 radical (unpaired) electrons. The maximum atomic E-state index is 13.6. The minimum Gasteiger partial charge on any atom is -0.327 e. The molecule has 1 unspecified atom stereocenters. The quantitative estimate of drug-likeness (QED) is 0.796. The van der Waals surface area contributed by atoms with Crippen molar-refractivity contribution < 1.29 is 9.18 Å². The highest BCUT2D eigenvalue weighted by Gasteiger charge is 2.48. The van der Waals surface area contributed by atoms with Gasteiger partial charge in [-0.25, -0.2) is 4.39 Å². The topological polar surface area (TPSA) is 43.1 Å². The summed E-state index contributed by atoms with van der Waals surface area (Å²) in [5, 5.41) is 0. The van der Waals surface area contributed by atoms with Crippen molar-refractivity contribution in [2.24, 2.45) is 5.73 Å². The van der Waals surface area contributed by atoms with E-state index in [1.54, 1.807) is 13.0 Å². The van der Waals surface area contributed by atoms with Crippen LogP contribution in [-0.4, -0.2) is 12.3 Å². The van der Waals surface area contributed by atoms with Crippen LogP contribution in [0.3, 0.4) is 0 Å². The number of aryl methyl sites for hydroxylation is 1. The van der Waals surface area contributed by atoms with Crippen molar-refractivity contribution in [3.05, 3.63) is 34.6 Å². The third kappa shape index (κ3) is 1.55. The summed E-state index contributed by atoms with van der Waals surface area (Å²) in [6.07, 6.45) is 2.67. The van der Waals surface area contributed by atoms with Gasteiger partial charge in [0.05, 0.1) is 0 Å². The first-order valence-electron chi connectivity index (χ1n) is 5.52. The molecule has 0 saturated heterocycles. The minimum atomic E-state index is -0.257. The van der Waals surface area contributed by atoms with Gasteiger partial charge in [0.2, 0.25) is 0 Å². The van der Waals surface area contributed by atoms with E-state index in [1.807, 2.05) is 6.92 Å². The van der Waals surface area contributed by atoms with Gasteiger partial charge in [0.25, 0.3) is 0 Å². The maximum Gasteiger partial charge on any atom is 0.150 e. The second-order valence-electron chi connectivity index (χ2n) is 4.75. The molecule has 1 aliphatic carbocycles. The zero-order valence-electron chi connectivity index (χ0n) is 9.59. The van der Waals surface area contributed by atoms with Gasteiger partial charge in [-0.1, -0.05) is 0 Å². The Hall–Kier alpha value is -1.22. The normalized spacial score (nSPS) is 19.2. The lowest BCUT2D eigenvalue weighted by Gasteiger charge is -2.22. The molecule has 2 rings (SSSR count). The second kappa shape index (κ2) is 3.67. The van der Waals surface area contributed by atoms with Gasteiger partial charge in [0.15, 0.2) is 0 Å². The fraction of sp³-hybridized carbons (Fsp3) is 0.462. The summed E-state index contributed by atoms with van der Waals surface area (Å²) in [5.74, 6) is -0.257. The molecular weight excluding hydrogens is 205 g/mol. The summed E-state index contributed by atoms with van der Waals surface area (Å²) in [4.78, 5) is 11.0. The van der Waals surface area contributed by atoms with E-state index in [9.17, 15) is 9.18 Å². The van der Waals surface area contributed by atoms with E-state index >= 15 is 0 Å². The number of hydrogen-bond donors (Lipinski definition) is 1. The molecule has 2 N–H and O–H groups in total. The summed E-state index contributed by atoms with van der Waals surface area (Å²) in [5.41, 5.74) is 7.62. The summed E-state index contributed by atoms with van der Waals surface area (Å²) in [7, 11) is 0. The van der Waals surface area contributed by atoms with Crippen LogP contribution in [0.5, 0.6) is 0 Å². The molecule has 1 fully saturated rings. The first kappa shape index (κ1) is 11.3. The van der Waals surface area contributed by atoms with E-state index in [2.05, 4.69) is 0 Å². The van der Waals surface area contributed by atoms with Crippen LogP contribution in [0.4, 0.5) is 4.39 Å². The van der Waals surface area contributed by atoms with E-state index in [0.29, 0.717) is 11.1 Å². The Morgan fingerprint density at radius 2 is 2.12 bits per heavy atom. The highest BCUT2D eigenvalue weighted by Crippen LogP contribution is 2.51. The lowest BCUT2D eigenvalue weighted by Crippen LogP contribution is -2.32. The summed E-state index contributed by atoms with van der Waals surface area (Å²) in [6.45, 7) is 3.58. The van der Waals surface area contributed by atoms with Crippen molar-refractivity contribution in [2.75, 3.05) is 0 Å². The molecule has 1 aromatic carbocycles. The molecule has 0 bridgehead atoms. The van der Waals surface area contributed by atoms with Gasteiger partial charge in [-0.3, -0.25) is 4.79 Å². The van der Waals surface area contributed by atoms with E-state index in [0.717, 1.165) is 24.7 Å². The van der Waals surface area contributed by atoms with Crippen LogP contribution < -0.4 is 5.73 Å². The number of hydrogen-bond acceptors (Lipinski definition) is 2. The summed E-state index contributed by atoms with van der Waals surface area (Å²) in [6, 6.07) is 3.04. The molecule has 1 aromatic rings. The number of halogens is 1. The Morgan fingerprint density at radius 1 is 1.50 bits per heavy atom. The summed E-state index contributed by atoms with van der Waals surface area (Å²) < 4.78 is 13.6. The number of carbonyl (C=O) groups is 1. The van der Waals surface area contributed by atoms with Crippen molar-refractivity contribution >= 4 is 6.29 Å². The van der Waals surface area contributed by atoms with Crippen LogP contribution >= 0.6 is 0 Å². The molecule has 0 aromatic heterocycles. The van der Waals surface area contributed by atoms with Crippen molar-refractivity contribution in [1.82, 2.24) is 0 Å². The SMILES string of the molecule is Cc1cc(C=O)c(C2(C(C)N)CC2)cc1F. The van der Waals surface area contributed by atoms with E-state index in [-0.39, 0.29) is 17.3 Å². The molecule has 16 heavy (non-hydrogen) atoms. The highest BCUT2D eigenvalue weighted by molar-refractivity contribution is 5.79. The number of benzene rings is 1. The third-order valence-electron chi connectivity index (χ3n) is 3.65. The van der Waals surface area contributed by atoms with Gasteiger partial charge in [0, 0.05) is 17.0 Å². The van der Waals surface area contributed by atoms with Crippen molar-refractivity contribution in [3.63, 3.8) is 0 Å². The standard InChI is InChI=1S/C13H16FNO/c1-8-5-10(7-16)11(6-12(8)14)13(3-4-13)9(2)15/h5-7,9H,3-4,15H2,1-2H3. The molecule has 86 valence electrons. The lowest BCUT2D eigenvalue weighted by atomic mass is 9.85. The fourth-order valence-corrected chi connectivity index (χ4v) is 2.34. The molecule has 0 amide bonds. The minimum absolute atomic E-state index is 0.0479. The predicted molar refractivity (Wildman–Crippen MR) is 61.1 cm³/mol. The van der Waals surface area contributed by atoms with Crippen molar-refractivity contribution in [2.45, 2.75) is 38.1 Å². The molecule has 0 spiro atoms. The number of aldehydes is 1. The molecule has 1 atom stereocenters. The first-order valence-corrected chi connectivity index (χ1v) is 5.52. The van der Waals surface area contributed by atoms with Crippen LogP contribution in [0, 0.1) is 12.7 Å². The Labute approximate surface area is 94.6 Å². The molecule has 1 saturated carbocycles. The maximum absolute atomic E-state index is 13.6. The number of carbonyl (C=O) groups excluding carboxylic acids is 1. The fourth-order valence-electron chi connectivity index (χ4n) is 2.34. The van der Waals surface area contributed by atoms with Crippen LogP contribution in [-0.2, 0) is 5.41 Å². The predicted octanol–water partition coefficient (Wildman–Crippen LogP) is 2.33. The first-order chi connectivity index (χ1) is 7.51. The van der Waals surface area contributed by atoms with Crippen LogP contribution in [0.1, 0.15) is 41.3 Å². The average molecular weight is 221 g/mol. The molecule has 0 heterocycles. The third-order valence-corrected chi connectivity index (χ3v) is 3.65. The monoisotopic (exact) mass is 221 g/mol. The van der Waals surface area contributed by atoms with E-state index in [4.69, 9.17) is 5.73 Å². The van der Waals surface area contributed by atoms with Gasteiger partial charge in [-0.05, 0) is 49.9 Å². The molecule has 3 heteroatoms. The smallest absolute Gasteiger partial charge is 0.150 e. The van der Waals surface area contributed by atoms with Crippen LogP contribution in [0.25, 0.3) is 0 Å². The van der Waals surface area contributed by atoms with Gasteiger partial charge in [-0.2, -0.15) is 0 Å². The van der Waals surface area contributed by atoms with Gasteiger partial charge in [-0.15, -0.1) is 0 Å². The van der Waals surface area contributed by atoms with Crippen molar-refractivity contribution in [3.8, 4) is 0 Å². The van der Waals surface area contributed by atoms with E-state index < -0.39 is 0 Å². The molecule has 0 aliphatic heterocycles. The Bertz CT molecular complexity index is 436. The van der Waals surface area contributed by atoms with E-state index in [1.165, 1.54) is 6.07 Å². The zero-order valence-corrected chi connectivity index (χ0v) is 9.59. The van der Waals surface area contributed by atoms with Crippen molar-refractivity contribution in [1.29, 1.82) is 0 Å². The van der Waals surface area contributed by atoms with Gasteiger partial charge >= 0.3 is 0 Å². The Morgan fingerprint density at radius 3 is 2.56 bits per heavy atom. The largest absolute Gasteiger partial charge is 0.327 e. The summed E-state index contributed by atoms with van der Waals surface area (Å²) >= 11 is 0. The lowest BCUT2D eigenvalue weighted by molar-refractivity contribution is 0.112. The zero-order chi connectivity index (χ0) is 11.9. The van der Waals surface area contributed by atoms with Gasteiger partial charge in [0.1, 0.15) is 12.1 Å². The van der Waals surface area contributed by atoms with Crippen LogP contribution in [0.2, 0.25) is 0 Å². The Kier molecular flexibility index (Phi) is 2.58. The molecule has 1 aliphatic rings. The second-order valence-corrected chi connectivity index (χ2v) is 4.75. The highest BCUT2D eigenvalue weighted by atomic mass is 19.1. The van der Waals surface area contributed by atoms with Gasteiger partial charge < -0.3 is 5.73 Å².